The van der Waals surface area contributed by atoms with Crippen molar-refractivity contribution in [2.45, 2.75) is 13.8 Å². The minimum absolute atomic E-state index is 0.0180. The van der Waals surface area contributed by atoms with Crippen molar-refractivity contribution in [2.75, 3.05) is 56.7 Å². The first-order valence-corrected chi connectivity index (χ1v) is 10.8. The number of rotatable bonds is 8. The summed E-state index contributed by atoms with van der Waals surface area (Å²) in [6.45, 7) is 7.42. The van der Waals surface area contributed by atoms with Crippen LogP contribution in [0.3, 0.4) is 0 Å². The van der Waals surface area contributed by atoms with Crippen LogP contribution >= 0.6 is 0 Å². The minimum Gasteiger partial charge on any atom is -0.496 e. The van der Waals surface area contributed by atoms with Crippen molar-refractivity contribution in [2.24, 2.45) is 0 Å². The van der Waals surface area contributed by atoms with E-state index >= 15 is 0 Å². The Labute approximate surface area is 189 Å². The van der Waals surface area contributed by atoms with E-state index in [1.807, 2.05) is 56.3 Å². The number of likely N-dealkylation sites (N-methyl/N-ethyl adjacent to an activating group) is 1. The lowest BCUT2D eigenvalue weighted by molar-refractivity contribution is -0.130. The first kappa shape index (κ1) is 23.3. The number of benzene rings is 2. The molecule has 1 aliphatic heterocycles. The molecule has 170 valence electrons. The van der Waals surface area contributed by atoms with Crippen molar-refractivity contribution in [3.05, 3.63) is 59.7 Å². The number of aryl methyl sites for hydroxylation is 1. The molecule has 0 bridgehead atoms. The zero-order chi connectivity index (χ0) is 22.9. The van der Waals surface area contributed by atoms with Crippen LogP contribution in [0.4, 0.5) is 11.4 Å². The molecule has 0 aliphatic carbocycles. The van der Waals surface area contributed by atoms with Gasteiger partial charge in [-0.15, -0.1) is 0 Å². The van der Waals surface area contributed by atoms with Gasteiger partial charge in [0, 0.05) is 42.6 Å². The number of carbonyl (C=O) groups excluding carboxylic acids is 2. The smallest absolute Gasteiger partial charge is 0.247 e. The highest BCUT2D eigenvalue weighted by molar-refractivity contribution is 5.98. The second kappa shape index (κ2) is 11.3. The summed E-state index contributed by atoms with van der Waals surface area (Å²) in [6, 6.07) is 13.5. The van der Waals surface area contributed by atoms with Crippen LogP contribution in [0.2, 0.25) is 0 Å². The van der Waals surface area contributed by atoms with E-state index in [1.54, 1.807) is 13.2 Å². The maximum Gasteiger partial charge on any atom is 0.247 e. The van der Waals surface area contributed by atoms with E-state index < -0.39 is 0 Å². The van der Waals surface area contributed by atoms with E-state index in [0.29, 0.717) is 18.0 Å². The number of morpholine rings is 1. The molecule has 0 unspecified atom stereocenters. The molecule has 1 saturated heterocycles. The fourth-order valence-electron chi connectivity index (χ4n) is 3.55. The van der Waals surface area contributed by atoms with Gasteiger partial charge < -0.3 is 24.6 Å². The molecule has 7 nitrogen and oxygen atoms in total. The molecule has 0 spiro atoms. The van der Waals surface area contributed by atoms with Gasteiger partial charge in [0.2, 0.25) is 11.8 Å². The molecular weight excluding hydrogens is 406 g/mol. The number of carbonyl (C=O) groups is 2. The molecule has 1 N–H and O–H groups in total. The Kier molecular flexibility index (Phi) is 8.27. The maximum absolute atomic E-state index is 12.6. The first-order valence-electron chi connectivity index (χ1n) is 10.8. The topological polar surface area (TPSA) is 71.1 Å². The van der Waals surface area contributed by atoms with Crippen LogP contribution in [0.25, 0.3) is 6.08 Å². The van der Waals surface area contributed by atoms with Gasteiger partial charge in [0.25, 0.3) is 0 Å². The van der Waals surface area contributed by atoms with Gasteiger partial charge in [0.15, 0.2) is 0 Å². The average Bonchev–Trinajstić information content (AvgIpc) is 2.82. The number of hydrogen-bond acceptors (Lipinski definition) is 5. The summed E-state index contributed by atoms with van der Waals surface area (Å²) in [5.74, 6) is 0.232. The van der Waals surface area contributed by atoms with Crippen LogP contribution in [0.5, 0.6) is 5.75 Å². The van der Waals surface area contributed by atoms with Gasteiger partial charge in [0.1, 0.15) is 12.3 Å². The third kappa shape index (κ3) is 6.34. The molecule has 2 aromatic carbocycles. The largest absolute Gasteiger partial charge is 0.496 e. The Hall–Kier alpha value is -3.32. The maximum atomic E-state index is 12.6. The quantitative estimate of drug-likeness (QED) is 0.642. The molecule has 0 saturated carbocycles. The summed E-state index contributed by atoms with van der Waals surface area (Å²) in [6.07, 6.45) is 3.20. The molecule has 2 amide bonds. The summed E-state index contributed by atoms with van der Waals surface area (Å²) in [5, 5.41) is 2.87. The molecule has 0 aromatic heterocycles. The number of ether oxygens (including phenoxy) is 2. The van der Waals surface area contributed by atoms with Gasteiger partial charge in [0.05, 0.1) is 20.3 Å². The van der Waals surface area contributed by atoms with Crippen LogP contribution in [0, 0.1) is 6.92 Å². The number of nitrogens with one attached hydrogen (secondary N) is 1. The molecular formula is C25H31N3O4. The van der Waals surface area contributed by atoms with Crippen LogP contribution < -0.4 is 15.0 Å². The fourth-order valence-corrected chi connectivity index (χ4v) is 3.55. The highest BCUT2D eigenvalue weighted by Gasteiger charge is 2.15. The second-order valence-corrected chi connectivity index (χ2v) is 7.63. The molecule has 3 rings (SSSR count). The standard InChI is InChI=1S/C25H31N3O4/c1-4-27(25(30)12-6-20-17-19(2)5-11-23(20)31-3)18-24(29)26-21-7-9-22(10-8-21)28-13-15-32-16-14-28/h5-12,17H,4,13-16,18H2,1-3H3,(H,26,29)/b12-6+. The van der Waals surface area contributed by atoms with Gasteiger partial charge in [-0.1, -0.05) is 11.6 Å². The highest BCUT2D eigenvalue weighted by Crippen LogP contribution is 2.21. The van der Waals surface area contributed by atoms with Crippen molar-refractivity contribution < 1.29 is 19.1 Å². The Morgan fingerprint density at radius 3 is 2.53 bits per heavy atom. The normalized spacial score (nSPS) is 13.8. The van der Waals surface area contributed by atoms with Gasteiger partial charge in [-0.05, 0) is 56.3 Å². The van der Waals surface area contributed by atoms with Gasteiger partial charge >= 0.3 is 0 Å². The highest BCUT2D eigenvalue weighted by atomic mass is 16.5. The average molecular weight is 438 g/mol. The van der Waals surface area contributed by atoms with E-state index in [-0.39, 0.29) is 18.4 Å². The molecule has 1 aliphatic rings. The van der Waals surface area contributed by atoms with Crippen molar-refractivity contribution in [1.82, 2.24) is 4.90 Å². The summed E-state index contributed by atoms with van der Waals surface area (Å²) in [4.78, 5) is 28.9. The molecule has 0 atom stereocenters. The first-order chi connectivity index (χ1) is 15.5. The number of methoxy groups -OCH3 is 1. The van der Waals surface area contributed by atoms with Crippen LogP contribution in [-0.2, 0) is 14.3 Å². The Morgan fingerprint density at radius 1 is 1.16 bits per heavy atom. The fraction of sp³-hybridized carbons (Fsp3) is 0.360. The van der Waals surface area contributed by atoms with Crippen molar-refractivity contribution >= 4 is 29.3 Å². The summed E-state index contributed by atoms with van der Waals surface area (Å²) >= 11 is 0. The third-order valence-corrected chi connectivity index (χ3v) is 5.35. The van der Waals surface area contributed by atoms with Gasteiger partial charge in [-0.3, -0.25) is 9.59 Å². The summed E-state index contributed by atoms with van der Waals surface area (Å²) in [5.41, 5.74) is 3.70. The van der Waals surface area contributed by atoms with E-state index in [2.05, 4.69) is 10.2 Å². The van der Waals surface area contributed by atoms with E-state index in [4.69, 9.17) is 9.47 Å². The van der Waals surface area contributed by atoms with Crippen molar-refractivity contribution in [3.63, 3.8) is 0 Å². The predicted octanol–water partition coefficient (Wildman–Crippen LogP) is 3.34. The zero-order valence-corrected chi connectivity index (χ0v) is 19.0. The second-order valence-electron chi connectivity index (χ2n) is 7.63. The van der Waals surface area contributed by atoms with Crippen LogP contribution in [-0.4, -0.2) is 63.2 Å². The lowest BCUT2D eigenvalue weighted by Crippen LogP contribution is -2.37. The summed E-state index contributed by atoms with van der Waals surface area (Å²) < 4.78 is 10.7. The Balaban J connectivity index is 1.57. The molecule has 32 heavy (non-hydrogen) atoms. The molecule has 1 heterocycles. The lowest BCUT2D eigenvalue weighted by Gasteiger charge is -2.29. The monoisotopic (exact) mass is 437 g/mol. The van der Waals surface area contributed by atoms with Crippen molar-refractivity contribution in [3.8, 4) is 5.75 Å². The van der Waals surface area contributed by atoms with Crippen molar-refractivity contribution in [1.29, 1.82) is 0 Å². The lowest BCUT2D eigenvalue weighted by atomic mass is 10.1. The van der Waals surface area contributed by atoms with E-state index in [1.165, 1.54) is 11.0 Å². The SMILES string of the molecule is CCN(CC(=O)Nc1ccc(N2CCOCC2)cc1)C(=O)/C=C/c1cc(C)ccc1OC. The Morgan fingerprint density at radius 2 is 1.88 bits per heavy atom. The van der Waals surface area contributed by atoms with E-state index in [0.717, 1.165) is 43.1 Å². The number of nitrogens with zero attached hydrogens (tertiary/aromatic N) is 2. The predicted molar refractivity (Wildman–Crippen MR) is 127 cm³/mol. The zero-order valence-electron chi connectivity index (χ0n) is 19.0. The molecule has 7 heteroatoms. The van der Waals surface area contributed by atoms with E-state index in [9.17, 15) is 9.59 Å². The summed E-state index contributed by atoms with van der Waals surface area (Å²) in [7, 11) is 1.60. The Bertz CT molecular complexity index is 950. The number of hydrogen-bond donors (Lipinski definition) is 1. The number of anilines is 2. The molecule has 0 radical (unpaired) electrons. The molecule has 1 fully saturated rings. The third-order valence-electron chi connectivity index (χ3n) is 5.35. The number of amides is 2. The molecule has 2 aromatic rings. The van der Waals surface area contributed by atoms with Gasteiger partial charge in [-0.2, -0.15) is 0 Å². The van der Waals surface area contributed by atoms with Crippen LogP contribution in [0.15, 0.2) is 48.5 Å². The van der Waals surface area contributed by atoms with Crippen LogP contribution in [0.1, 0.15) is 18.1 Å². The minimum atomic E-state index is -0.235. The van der Waals surface area contributed by atoms with Gasteiger partial charge in [-0.25, -0.2) is 0 Å².